The van der Waals surface area contributed by atoms with Crippen molar-refractivity contribution in [3.63, 3.8) is 0 Å². The van der Waals surface area contributed by atoms with Crippen molar-refractivity contribution in [3.8, 4) is 11.5 Å². The van der Waals surface area contributed by atoms with Crippen LogP contribution in [0.4, 0.5) is 0 Å². The number of hydrogen-bond donors (Lipinski definition) is 1. The number of nitrogens with zero attached hydrogens (tertiary/aromatic N) is 1. The van der Waals surface area contributed by atoms with Gasteiger partial charge < -0.3 is 14.6 Å². The molecule has 2 aliphatic heterocycles. The van der Waals surface area contributed by atoms with Crippen LogP contribution in [0.5, 0.6) is 11.5 Å². The Labute approximate surface area is 159 Å². The number of carboxylic acids is 1. The van der Waals surface area contributed by atoms with E-state index in [2.05, 4.69) is 36.1 Å². The number of para-hydroxylation sites is 2. The Bertz CT molecular complexity index is 796. The van der Waals surface area contributed by atoms with Crippen molar-refractivity contribution in [3.05, 3.63) is 59.7 Å². The average Bonchev–Trinajstić information content (AvgIpc) is 2.73. The molecule has 2 heterocycles. The lowest BCUT2D eigenvalue weighted by atomic mass is 9.94. The molecule has 0 saturated carbocycles. The standard InChI is InChI=1S/C22H25NO4/c1-15(23-12-10-18(11-13-23)22(24)25)16-6-8-17(9-7-16)21-14-26-19-4-2-3-5-20(19)27-21/h2-9,15,18,21H,10-14H2,1H3,(H,24,25). The molecule has 0 aliphatic carbocycles. The molecule has 27 heavy (non-hydrogen) atoms. The lowest BCUT2D eigenvalue weighted by molar-refractivity contribution is -0.143. The van der Waals surface area contributed by atoms with Crippen molar-refractivity contribution in [2.24, 2.45) is 5.92 Å². The summed E-state index contributed by atoms with van der Waals surface area (Å²) in [7, 11) is 0. The van der Waals surface area contributed by atoms with E-state index in [-0.39, 0.29) is 18.1 Å². The number of hydrogen-bond acceptors (Lipinski definition) is 4. The number of aliphatic carboxylic acids is 1. The average molecular weight is 367 g/mol. The molecular formula is C22H25NO4. The number of piperidine rings is 1. The van der Waals surface area contributed by atoms with Gasteiger partial charge in [-0.1, -0.05) is 36.4 Å². The lowest BCUT2D eigenvalue weighted by Gasteiger charge is -2.35. The number of ether oxygens (including phenoxy) is 2. The SMILES string of the molecule is CC(c1ccc(C2COc3ccccc3O2)cc1)N1CCC(C(=O)O)CC1. The van der Waals surface area contributed by atoms with Gasteiger partial charge in [0.1, 0.15) is 6.61 Å². The number of likely N-dealkylation sites (tertiary alicyclic amines) is 1. The summed E-state index contributed by atoms with van der Waals surface area (Å²) < 4.78 is 11.9. The maximum atomic E-state index is 11.1. The molecule has 5 heteroatoms. The van der Waals surface area contributed by atoms with Crippen LogP contribution in [0.2, 0.25) is 0 Å². The summed E-state index contributed by atoms with van der Waals surface area (Å²) in [6, 6.07) is 16.5. The van der Waals surface area contributed by atoms with Gasteiger partial charge in [0.15, 0.2) is 17.6 Å². The van der Waals surface area contributed by atoms with Crippen LogP contribution in [0, 0.1) is 5.92 Å². The Hall–Kier alpha value is -2.53. The smallest absolute Gasteiger partial charge is 0.306 e. The van der Waals surface area contributed by atoms with Crippen molar-refractivity contribution < 1.29 is 19.4 Å². The van der Waals surface area contributed by atoms with Gasteiger partial charge in [-0.3, -0.25) is 9.69 Å². The summed E-state index contributed by atoms with van der Waals surface area (Å²) in [4.78, 5) is 13.5. The molecule has 1 N–H and O–H groups in total. The third-order valence-electron chi connectivity index (χ3n) is 5.73. The maximum Gasteiger partial charge on any atom is 0.306 e. The Kier molecular flexibility index (Phi) is 5.03. The minimum absolute atomic E-state index is 0.101. The number of carboxylic acid groups (broad SMARTS) is 1. The highest BCUT2D eigenvalue weighted by Gasteiger charge is 2.28. The molecule has 0 aromatic heterocycles. The molecule has 4 rings (SSSR count). The predicted octanol–water partition coefficient (Wildman–Crippen LogP) is 4.06. The second-order valence-corrected chi connectivity index (χ2v) is 7.36. The minimum Gasteiger partial charge on any atom is -0.485 e. The first-order valence-electron chi connectivity index (χ1n) is 9.57. The van der Waals surface area contributed by atoms with Crippen LogP contribution in [-0.4, -0.2) is 35.7 Å². The Morgan fingerprint density at radius 1 is 1.07 bits per heavy atom. The Balaban J connectivity index is 1.40. The number of carbonyl (C=O) groups is 1. The van der Waals surface area contributed by atoms with E-state index in [1.54, 1.807) is 0 Å². The molecule has 2 aliphatic rings. The molecule has 2 aromatic rings. The van der Waals surface area contributed by atoms with Gasteiger partial charge in [0.05, 0.1) is 5.92 Å². The van der Waals surface area contributed by atoms with Crippen molar-refractivity contribution in [2.75, 3.05) is 19.7 Å². The molecule has 2 aromatic carbocycles. The van der Waals surface area contributed by atoms with Gasteiger partial charge >= 0.3 is 5.97 Å². The van der Waals surface area contributed by atoms with E-state index in [0.717, 1.165) is 43.0 Å². The van der Waals surface area contributed by atoms with Crippen molar-refractivity contribution in [2.45, 2.75) is 31.9 Å². The highest BCUT2D eigenvalue weighted by atomic mass is 16.6. The molecule has 142 valence electrons. The molecule has 1 fully saturated rings. The zero-order valence-corrected chi connectivity index (χ0v) is 15.5. The molecule has 2 atom stereocenters. The van der Waals surface area contributed by atoms with E-state index >= 15 is 0 Å². The first-order chi connectivity index (χ1) is 13.1. The lowest BCUT2D eigenvalue weighted by Crippen LogP contribution is -2.37. The van der Waals surface area contributed by atoms with Gasteiger partial charge in [0.25, 0.3) is 0 Å². The van der Waals surface area contributed by atoms with E-state index in [1.807, 2.05) is 24.3 Å². The van der Waals surface area contributed by atoms with Gasteiger partial charge in [0, 0.05) is 6.04 Å². The predicted molar refractivity (Wildman–Crippen MR) is 102 cm³/mol. The zero-order chi connectivity index (χ0) is 18.8. The molecule has 0 bridgehead atoms. The fourth-order valence-electron chi connectivity index (χ4n) is 3.92. The van der Waals surface area contributed by atoms with Crippen LogP contribution in [0.25, 0.3) is 0 Å². The molecular weight excluding hydrogens is 342 g/mol. The highest BCUT2D eigenvalue weighted by molar-refractivity contribution is 5.70. The molecule has 1 saturated heterocycles. The summed E-state index contributed by atoms with van der Waals surface area (Å²) >= 11 is 0. The number of benzene rings is 2. The van der Waals surface area contributed by atoms with Crippen LogP contribution >= 0.6 is 0 Å². The monoisotopic (exact) mass is 367 g/mol. The third kappa shape index (κ3) is 3.78. The third-order valence-corrected chi connectivity index (χ3v) is 5.73. The highest BCUT2D eigenvalue weighted by Crippen LogP contribution is 2.36. The second kappa shape index (κ2) is 7.61. The topological polar surface area (TPSA) is 59.0 Å². The van der Waals surface area contributed by atoms with Crippen LogP contribution in [-0.2, 0) is 4.79 Å². The van der Waals surface area contributed by atoms with Crippen LogP contribution < -0.4 is 9.47 Å². The Morgan fingerprint density at radius 2 is 1.74 bits per heavy atom. The molecule has 0 spiro atoms. The molecule has 5 nitrogen and oxygen atoms in total. The number of rotatable bonds is 4. The summed E-state index contributed by atoms with van der Waals surface area (Å²) in [5.74, 6) is 0.723. The van der Waals surface area contributed by atoms with E-state index in [0.29, 0.717) is 6.61 Å². The first kappa shape index (κ1) is 17.9. The van der Waals surface area contributed by atoms with Crippen LogP contribution in [0.15, 0.2) is 48.5 Å². The summed E-state index contributed by atoms with van der Waals surface area (Å²) in [6.45, 7) is 4.35. The molecule has 2 unspecified atom stereocenters. The van der Waals surface area contributed by atoms with Gasteiger partial charge in [-0.25, -0.2) is 0 Å². The summed E-state index contributed by atoms with van der Waals surface area (Å²) in [5.41, 5.74) is 2.34. The fourth-order valence-corrected chi connectivity index (χ4v) is 3.92. The summed E-state index contributed by atoms with van der Waals surface area (Å²) in [6.07, 6.45) is 1.35. The van der Waals surface area contributed by atoms with Crippen LogP contribution in [0.1, 0.15) is 43.0 Å². The molecule has 0 amide bonds. The maximum absolute atomic E-state index is 11.1. The van der Waals surface area contributed by atoms with E-state index in [4.69, 9.17) is 14.6 Å². The van der Waals surface area contributed by atoms with Gasteiger partial charge in [-0.05, 0) is 56.1 Å². The largest absolute Gasteiger partial charge is 0.485 e. The normalized spacial score (nSPS) is 21.6. The van der Waals surface area contributed by atoms with Gasteiger partial charge in [-0.2, -0.15) is 0 Å². The van der Waals surface area contributed by atoms with E-state index < -0.39 is 5.97 Å². The minimum atomic E-state index is -0.664. The van der Waals surface area contributed by atoms with E-state index in [1.165, 1.54) is 5.56 Å². The van der Waals surface area contributed by atoms with Gasteiger partial charge in [-0.15, -0.1) is 0 Å². The van der Waals surface area contributed by atoms with Gasteiger partial charge in [0.2, 0.25) is 0 Å². The van der Waals surface area contributed by atoms with Crippen molar-refractivity contribution in [1.82, 2.24) is 4.90 Å². The zero-order valence-electron chi connectivity index (χ0n) is 15.5. The second-order valence-electron chi connectivity index (χ2n) is 7.36. The van der Waals surface area contributed by atoms with Crippen LogP contribution in [0.3, 0.4) is 0 Å². The summed E-state index contributed by atoms with van der Waals surface area (Å²) in [5, 5.41) is 9.16. The quantitative estimate of drug-likeness (QED) is 0.883. The fraction of sp³-hybridized carbons (Fsp3) is 0.409. The molecule has 0 radical (unpaired) electrons. The van der Waals surface area contributed by atoms with Crippen molar-refractivity contribution >= 4 is 5.97 Å². The van der Waals surface area contributed by atoms with E-state index in [9.17, 15) is 4.79 Å². The Morgan fingerprint density at radius 3 is 2.41 bits per heavy atom. The number of fused-ring (bicyclic) bond motifs is 1. The van der Waals surface area contributed by atoms with Crippen molar-refractivity contribution in [1.29, 1.82) is 0 Å². The first-order valence-corrected chi connectivity index (χ1v) is 9.57.